The van der Waals surface area contributed by atoms with Gasteiger partial charge in [0, 0.05) is 33.6 Å². The van der Waals surface area contributed by atoms with E-state index in [-0.39, 0.29) is 6.29 Å². The van der Waals surface area contributed by atoms with Crippen molar-refractivity contribution >= 4 is 35.9 Å². The van der Waals surface area contributed by atoms with Crippen LogP contribution in [0.25, 0.3) is 0 Å². The van der Waals surface area contributed by atoms with E-state index in [1.54, 1.807) is 0 Å². The Bertz CT molecular complexity index is 2300. The van der Waals surface area contributed by atoms with Crippen LogP contribution in [0.4, 0.5) is 0 Å². The number of ether oxygens (including phenoxy) is 10. The third kappa shape index (κ3) is 16.7. The molecule has 0 aromatic carbocycles. The number of aldehydes is 1. The van der Waals surface area contributed by atoms with Crippen LogP contribution in [-0.2, 0) is 76.1 Å². The van der Waals surface area contributed by atoms with Crippen LogP contribution in [0.15, 0.2) is 0 Å². The first kappa shape index (κ1) is 74.6. The molecule has 5 heterocycles. The lowest BCUT2D eigenvalue weighted by Crippen LogP contribution is -2.72. The van der Waals surface area contributed by atoms with E-state index in [0.29, 0.717) is 0 Å². The molecule has 0 saturated carbocycles. The lowest BCUT2D eigenvalue weighted by atomic mass is 9.88. The Labute approximate surface area is 496 Å². The summed E-state index contributed by atoms with van der Waals surface area (Å²) in [4.78, 5) is 75.4. The molecule has 31 atom stereocenters. The molecule has 0 aromatic rings. The van der Waals surface area contributed by atoms with E-state index < -0.39 is 271 Å². The van der Waals surface area contributed by atoms with Crippen molar-refractivity contribution in [3.05, 3.63) is 0 Å². The average molecular weight is 1290 g/mol. The maximum absolute atomic E-state index is 13.2. The first-order valence-electron chi connectivity index (χ1n) is 27.1. The third-order valence-corrected chi connectivity index (χ3v) is 15.1. The van der Waals surface area contributed by atoms with Gasteiger partial charge in [-0.05, 0) is 0 Å². The molecule has 40 heteroatoms. The Morgan fingerprint density at radius 3 is 1.40 bits per heavy atom. The molecule has 3 amide bonds. The predicted octanol–water partition coefficient (Wildman–Crippen LogP) is -15.4. The molecular formula is C48H79N3O37. The zero-order chi connectivity index (χ0) is 66.2. The summed E-state index contributed by atoms with van der Waals surface area (Å²) in [5.74, 6) is -13.8. The van der Waals surface area contributed by atoms with E-state index in [1.807, 2.05) is 0 Å². The lowest BCUT2D eigenvalue weighted by molar-refractivity contribution is -0.389. The second-order valence-electron chi connectivity index (χ2n) is 21.5. The van der Waals surface area contributed by atoms with Crippen LogP contribution >= 0.6 is 0 Å². The van der Waals surface area contributed by atoms with Crippen molar-refractivity contribution in [2.75, 3.05) is 39.6 Å². The second-order valence-corrected chi connectivity index (χ2v) is 21.5. The highest BCUT2D eigenvalue weighted by Gasteiger charge is 2.62. The largest absolute Gasteiger partial charge is 0.477 e. The molecule has 5 saturated heterocycles. The van der Waals surface area contributed by atoms with Crippen molar-refractivity contribution in [1.29, 1.82) is 0 Å². The van der Waals surface area contributed by atoms with E-state index in [2.05, 4.69) is 16.0 Å². The molecule has 5 rings (SSSR count). The molecule has 0 radical (unpaired) electrons. The molecule has 5 fully saturated rings. The van der Waals surface area contributed by atoms with Gasteiger partial charge in [-0.2, -0.15) is 0 Å². The van der Waals surface area contributed by atoms with Gasteiger partial charge >= 0.3 is 11.9 Å². The smallest absolute Gasteiger partial charge is 0.364 e. The minimum Gasteiger partial charge on any atom is -0.477 e. The highest BCUT2D eigenvalue weighted by atomic mass is 16.8. The summed E-state index contributed by atoms with van der Waals surface area (Å²) >= 11 is 0. The quantitative estimate of drug-likeness (QED) is 0.0309. The van der Waals surface area contributed by atoms with Crippen LogP contribution in [-0.4, -0.2) is 372 Å². The van der Waals surface area contributed by atoms with Crippen molar-refractivity contribution in [2.45, 2.75) is 223 Å². The molecule has 24 N–H and O–H groups in total. The van der Waals surface area contributed by atoms with Crippen molar-refractivity contribution in [3.63, 3.8) is 0 Å². The number of hydrogen-bond acceptors (Lipinski definition) is 35. The molecule has 40 nitrogen and oxygen atoms in total. The van der Waals surface area contributed by atoms with Gasteiger partial charge in [0.25, 0.3) is 11.6 Å². The molecule has 88 heavy (non-hydrogen) atoms. The first-order chi connectivity index (χ1) is 41.2. The summed E-state index contributed by atoms with van der Waals surface area (Å²) in [5.41, 5.74) is 0. The minimum absolute atomic E-state index is 0.210. The normalized spacial score (nSPS) is 40.8. The summed E-state index contributed by atoms with van der Waals surface area (Å²) in [6.45, 7) is -4.82. The third-order valence-electron chi connectivity index (χ3n) is 15.1. The van der Waals surface area contributed by atoms with Crippen molar-refractivity contribution in [3.8, 4) is 0 Å². The molecule has 0 aromatic heterocycles. The van der Waals surface area contributed by atoms with E-state index in [4.69, 9.17) is 47.4 Å². The van der Waals surface area contributed by atoms with Gasteiger partial charge < -0.3 is 175 Å². The Balaban J connectivity index is 1.63. The SMILES string of the molecule is CC(=O)N[C@H]1[C@H](O[C@H]2[C@@H](O)[C@@H](CO)O[C@@H](O[C@@H]([C@H](O)[C@@H](O)C=O)[C@H](O)CO)[C@@H]2O)O[C@H](CO[C@]2(C(=O)O)C[C@H](O)[C@@H](NC(C)=O)[C@H]([C@H](O)[C@H](O)CO)O2)[C@@H](O)[C@@H]1O[C@@H]1O[C@H](CO)[C@H](O)[C@H](O[C@]2(C(=O)O)C[C@H](O)[C@@H](NC(C)=O)[C@H]([C@H](O)[C@H](O)CO)O2)[C@H]1O. The number of carbonyl (C=O) groups is 6. The maximum Gasteiger partial charge on any atom is 0.364 e. The van der Waals surface area contributed by atoms with E-state index in [1.165, 1.54) is 0 Å². The monoisotopic (exact) mass is 1290 g/mol. The van der Waals surface area contributed by atoms with Crippen LogP contribution < -0.4 is 16.0 Å². The van der Waals surface area contributed by atoms with Crippen LogP contribution in [0.1, 0.15) is 33.6 Å². The number of aliphatic hydroxyl groups excluding tert-OH is 19. The molecule has 0 spiro atoms. The Morgan fingerprint density at radius 2 is 0.943 bits per heavy atom. The Kier molecular flexibility index (Phi) is 27.1. The van der Waals surface area contributed by atoms with Gasteiger partial charge in [-0.15, -0.1) is 0 Å². The molecule has 0 aliphatic carbocycles. The van der Waals surface area contributed by atoms with Gasteiger partial charge in [0.2, 0.25) is 17.7 Å². The number of rotatable bonds is 29. The molecule has 5 aliphatic rings. The number of hydrogen-bond donors (Lipinski definition) is 24. The van der Waals surface area contributed by atoms with Gasteiger partial charge in [0.1, 0.15) is 134 Å². The van der Waals surface area contributed by atoms with Gasteiger partial charge in [0.05, 0.1) is 63.9 Å². The topological polar surface area (TPSA) is 656 Å². The standard InChI is InChI=1S/C48H79N3O37/c1-13(58)49-25-16(61)4-47(45(75)76,86-38(25)29(68)19(64)7-53)79-12-24-33(72)37(27(51-15(3)60)42(82-24)85-40-31(70)22(10-56)80-43(34(40)73)83-36(21(66)9-55)28(67)18(63)6-52)84-44-35(74)41(32(71)23(11-57)81-44)88-48(46(77)78)5-17(62)26(50-14(2)59)39(87-48)30(69)20(65)8-54/h6,16-44,53-57,61-74H,4-5,7-12H2,1-3H3,(H,49,58)(H,50,59)(H,51,60)(H,75,76)(H,77,78)/t16-,17-,18-,19+,20+,21+,22+,23+,24+,25+,26+,27+,28+,29+,30+,31-,32-,33+,34+,35+,36+,37+,38+,39+,40-,41-,42-,43-,44-,47+,48-/m0/s1. The minimum atomic E-state index is -3.35. The zero-order valence-corrected chi connectivity index (χ0v) is 46.9. The van der Waals surface area contributed by atoms with Crippen LogP contribution in [0.3, 0.4) is 0 Å². The van der Waals surface area contributed by atoms with Crippen LogP contribution in [0.5, 0.6) is 0 Å². The highest BCUT2D eigenvalue weighted by molar-refractivity contribution is 5.77. The van der Waals surface area contributed by atoms with Crippen molar-refractivity contribution in [1.82, 2.24) is 16.0 Å². The van der Waals surface area contributed by atoms with Crippen LogP contribution in [0, 0.1) is 0 Å². The van der Waals surface area contributed by atoms with Crippen molar-refractivity contribution < 1.29 is 183 Å². The summed E-state index contributed by atoms with van der Waals surface area (Å²) in [5, 5.41) is 234. The number of amides is 3. The Morgan fingerprint density at radius 1 is 0.534 bits per heavy atom. The van der Waals surface area contributed by atoms with E-state index in [9.17, 15) is 136 Å². The number of carboxylic acid groups (broad SMARTS) is 2. The predicted molar refractivity (Wildman–Crippen MR) is 270 cm³/mol. The lowest BCUT2D eigenvalue weighted by Gasteiger charge is -2.52. The highest BCUT2D eigenvalue weighted by Crippen LogP contribution is 2.41. The molecule has 508 valence electrons. The second kappa shape index (κ2) is 31.9. The summed E-state index contributed by atoms with van der Waals surface area (Å²) in [7, 11) is 0. The summed E-state index contributed by atoms with van der Waals surface area (Å²) < 4.78 is 57.5. The fourth-order valence-corrected chi connectivity index (χ4v) is 10.6. The number of aliphatic carboxylic acids is 2. The fourth-order valence-electron chi connectivity index (χ4n) is 10.6. The number of carboxylic acids is 2. The average Bonchev–Trinajstić information content (AvgIpc) is 1.95. The van der Waals surface area contributed by atoms with Crippen molar-refractivity contribution in [2.24, 2.45) is 0 Å². The number of nitrogens with one attached hydrogen (secondary N) is 3. The fraction of sp³-hybridized carbons (Fsp3) is 0.875. The number of aliphatic hydroxyl groups is 19. The van der Waals surface area contributed by atoms with Gasteiger partial charge in [-0.25, -0.2) is 9.59 Å². The first-order valence-corrected chi connectivity index (χ1v) is 27.1. The molecule has 5 aliphatic heterocycles. The molecule has 0 bridgehead atoms. The summed E-state index contributed by atoms with van der Waals surface area (Å²) in [6, 6.07) is -5.69. The van der Waals surface area contributed by atoms with Gasteiger partial charge in [-0.1, -0.05) is 0 Å². The Hall–Kier alpha value is -4.14. The van der Waals surface area contributed by atoms with E-state index >= 15 is 0 Å². The van der Waals surface area contributed by atoms with Gasteiger partial charge in [0.15, 0.2) is 25.2 Å². The van der Waals surface area contributed by atoms with Gasteiger partial charge in [-0.3, -0.25) is 14.4 Å². The molecular weight excluding hydrogens is 1210 g/mol. The number of carbonyl (C=O) groups excluding carboxylic acids is 4. The van der Waals surface area contributed by atoms with Crippen LogP contribution in [0.2, 0.25) is 0 Å². The van der Waals surface area contributed by atoms with E-state index in [0.717, 1.165) is 20.8 Å². The molecule has 0 unspecified atom stereocenters. The maximum atomic E-state index is 13.2. The zero-order valence-electron chi connectivity index (χ0n) is 46.9. The summed E-state index contributed by atoms with van der Waals surface area (Å²) in [6.07, 6.45) is -62.4.